The molecule has 0 aliphatic rings. The van der Waals surface area contributed by atoms with E-state index < -0.39 is 36.1 Å². The van der Waals surface area contributed by atoms with E-state index in [1.807, 2.05) is 0 Å². The minimum atomic E-state index is -2.27. The average molecular weight is 286 g/mol. The van der Waals surface area contributed by atoms with E-state index in [-0.39, 0.29) is 6.47 Å². The van der Waals surface area contributed by atoms with Gasteiger partial charge in [0.2, 0.25) is 0 Å². The predicted octanol–water partition coefficient (Wildman–Crippen LogP) is -3.27. The van der Waals surface area contributed by atoms with Gasteiger partial charge in [0.05, 0.1) is 0 Å². The normalized spacial score (nSPS) is 11.3. The van der Waals surface area contributed by atoms with Gasteiger partial charge in [-0.25, -0.2) is 19.2 Å². The first-order valence-corrected chi connectivity index (χ1v) is 3.88. The molecule has 110 valence electrons. The zero-order chi connectivity index (χ0) is 16.2. The van der Waals surface area contributed by atoms with E-state index in [1.54, 1.807) is 0 Å². The summed E-state index contributed by atoms with van der Waals surface area (Å²) < 4.78 is 0. The van der Waals surface area contributed by atoms with Crippen LogP contribution < -0.4 is 0 Å². The number of aliphatic hydroxyl groups is 2. The van der Waals surface area contributed by atoms with Gasteiger partial charge in [-0.2, -0.15) is 0 Å². The minimum Gasteiger partial charge on any atom is -0.483 e. The number of carbonyl (C=O) groups is 5. The number of carboxylic acid groups (broad SMARTS) is 5. The van der Waals surface area contributed by atoms with Crippen molar-refractivity contribution in [2.45, 2.75) is 12.2 Å². The van der Waals surface area contributed by atoms with Crippen molar-refractivity contribution in [1.82, 2.24) is 0 Å². The highest BCUT2D eigenvalue weighted by Gasteiger charge is 2.29. The van der Waals surface area contributed by atoms with Crippen LogP contribution in [0.3, 0.4) is 0 Å². The Morgan fingerprint density at radius 1 is 0.737 bits per heavy atom. The monoisotopic (exact) mass is 286 g/mol. The van der Waals surface area contributed by atoms with Crippen LogP contribution in [0.4, 0.5) is 0 Å². The van der Waals surface area contributed by atoms with Crippen LogP contribution in [0.2, 0.25) is 0 Å². The Hall–Kier alpha value is -2.73. The molecule has 0 fully saturated rings. The van der Waals surface area contributed by atoms with E-state index in [2.05, 4.69) is 0 Å². The smallest absolute Gasteiger partial charge is 0.414 e. The van der Waals surface area contributed by atoms with E-state index in [4.69, 9.17) is 50.1 Å². The molecule has 0 aliphatic carbocycles. The summed E-state index contributed by atoms with van der Waals surface area (Å²) in [5.74, 6) is -7.19. The second-order valence-electron chi connectivity index (χ2n) is 2.28. The highest BCUT2D eigenvalue weighted by atomic mass is 16.4. The second-order valence-corrected chi connectivity index (χ2v) is 2.28. The Morgan fingerprint density at radius 2 is 0.895 bits per heavy atom. The first-order chi connectivity index (χ1) is 8.52. The summed E-state index contributed by atoms with van der Waals surface area (Å²) in [6.07, 6.45) is -4.53. The van der Waals surface area contributed by atoms with Gasteiger partial charge in [-0.3, -0.25) is 4.79 Å². The quantitative estimate of drug-likeness (QED) is 0.200. The maximum absolute atomic E-state index is 9.77. The number of aliphatic carboxylic acids is 4. The van der Waals surface area contributed by atoms with Crippen molar-refractivity contribution in [3.05, 3.63) is 0 Å². The van der Waals surface area contributed by atoms with Gasteiger partial charge in [0.15, 0.2) is 12.2 Å². The SMILES string of the molecule is O=C(O)C(=O)O.O=C(O)C(O)C(O)C(=O)O.O=CO. The van der Waals surface area contributed by atoms with Crippen molar-refractivity contribution in [3.8, 4) is 0 Å². The highest BCUT2D eigenvalue weighted by Crippen LogP contribution is 1.92. The maximum atomic E-state index is 9.77. The lowest BCUT2D eigenvalue weighted by atomic mass is 10.2. The standard InChI is InChI=1S/C4H6O6.C2H2O4.CH2O2/c5-1(3(7)8)2(6)4(9)10;3-1(4)2(5)6;2-1-3/h1-2,5-6H,(H,7,8)(H,9,10);(H,3,4)(H,5,6);1H,(H,2,3). The Morgan fingerprint density at radius 3 is 0.947 bits per heavy atom. The summed E-state index contributed by atoms with van der Waals surface area (Å²) >= 11 is 0. The van der Waals surface area contributed by atoms with Gasteiger partial charge in [-0.15, -0.1) is 0 Å². The Labute approximate surface area is 103 Å². The molecule has 12 heteroatoms. The molecule has 0 spiro atoms. The Kier molecular flexibility index (Phi) is 13.3. The van der Waals surface area contributed by atoms with E-state index >= 15 is 0 Å². The molecule has 0 heterocycles. The molecule has 0 aromatic heterocycles. The van der Waals surface area contributed by atoms with Crippen molar-refractivity contribution in [3.63, 3.8) is 0 Å². The second kappa shape index (κ2) is 11.7. The van der Waals surface area contributed by atoms with Gasteiger partial charge >= 0.3 is 23.9 Å². The molecule has 0 aromatic rings. The molecule has 0 radical (unpaired) electrons. The lowest BCUT2D eigenvalue weighted by Crippen LogP contribution is -2.39. The fraction of sp³-hybridized carbons (Fsp3) is 0.286. The molecule has 2 atom stereocenters. The molecular formula is C7H10O12. The molecule has 0 aromatic carbocycles. The number of hydrogen-bond donors (Lipinski definition) is 7. The third kappa shape index (κ3) is 15.3. The van der Waals surface area contributed by atoms with E-state index in [0.717, 1.165) is 0 Å². The molecule has 12 nitrogen and oxygen atoms in total. The molecule has 19 heavy (non-hydrogen) atoms. The first-order valence-electron chi connectivity index (χ1n) is 3.88. The van der Waals surface area contributed by atoms with Crippen LogP contribution in [-0.4, -0.2) is 78.3 Å². The Bertz CT molecular complexity index is 303. The molecule has 0 bridgehead atoms. The van der Waals surface area contributed by atoms with E-state index in [0.29, 0.717) is 0 Å². The lowest BCUT2D eigenvalue weighted by Gasteiger charge is -2.07. The molecule has 0 amide bonds. The van der Waals surface area contributed by atoms with Gasteiger partial charge < -0.3 is 35.7 Å². The average Bonchev–Trinajstić information content (AvgIpc) is 2.28. The third-order valence-corrected chi connectivity index (χ3v) is 0.988. The van der Waals surface area contributed by atoms with Crippen molar-refractivity contribution < 1.29 is 59.7 Å². The fourth-order valence-corrected chi connectivity index (χ4v) is 0.270. The number of carboxylic acids is 4. The van der Waals surface area contributed by atoms with Gasteiger partial charge in [0.25, 0.3) is 6.47 Å². The summed E-state index contributed by atoms with van der Waals surface area (Å²) in [4.78, 5) is 46.1. The van der Waals surface area contributed by atoms with Crippen molar-refractivity contribution in [2.24, 2.45) is 0 Å². The maximum Gasteiger partial charge on any atom is 0.414 e. The fourth-order valence-electron chi connectivity index (χ4n) is 0.270. The van der Waals surface area contributed by atoms with Crippen LogP contribution in [0.1, 0.15) is 0 Å². The molecule has 0 rings (SSSR count). The van der Waals surface area contributed by atoms with Gasteiger partial charge in [-0.05, 0) is 0 Å². The zero-order valence-corrected chi connectivity index (χ0v) is 8.90. The van der Waals surface area contributed by atoms with Gasteiger partial charge in [0, 0.05) is 0 Å². The van der Waals surface area contributed by atoms with Crippen LogP contribution in [0, 0.1) is 0 Å². The number of rotatable bonds is 3. The summed E-state index contributed by atoms with van der Waals surface area (Å²) in [7, 11) is 0. The largest absolute Gasteiger partial charge is 0.483 e. The third-order valence-electron chi connectivity index (χ3n) is 0.988. The van der Waals surface area contributed by atoms with Gasteiger partial charge in [0.1, 0.15) is 0 Å². The van der Waals surface area contributed by atoms with Crippen molar-refractivity contribution in [2.75, 3.05) is 0 Å². The van der Waals surface area contributed by atoms with Crippen LogP contribution >= 0.6 is 0 Å². The van der Waals surface area contributed by atoms with E-state index in [9.17, 15) is 9.59 Å². The van der Waals surface area contributed by atoms with Crippen LogP contribution in [0.5, 0.6) is 0 Å². The first kappa shape index (κ1) is 21.5. The number of aliphatic hydroxyl groups excluding tert-OH is 2. The van der Waals surface area contributed by atoms with Crippen LogP contribution in [0.15, 0.2) is 0 Å². The summed E-state index contributed by atoms with van der Waals surface area (Å²) in [6, 6.07) is 0. The molecule has 2 unspecified atom stereocenters. The van der Waals surface area contributed by atoms with Crippen molar-refractivity contribution >= 4 is 30.3 Å². The zero-order valence-electron chi connectivity index (χ0n) is 8.90. The summed E-state index contributed by atoms with van der Waals surface area (Å²) in [5, 5.41) is 54.2. The molecule has 0 aliphatic heterocycles. The van der Waals surface area contributed by atoms with Gasteiger partial charge in [-0.1, -0.05) is 0 Å². The van der Waals surface area contributed by atoms with Crippen LogP contribution in [0.25, 0.3) is 0 Å². The highest BCUT2D eigenvalue weighted by molar-refractivity contribution is 6.27. The Balaban J connectivity index is -0.000000242. The minimum absolute atomic E-state index is 0.250. The molecular weight excluding hydrogens is 276 g/mol. The summed E-state index contributed by atoms with van der Waals surface area (Å²) in [6.45, 7) is -0.250. The van der Waals surface area contributed by atoms with E-state index in [1.165, 1.54) is 0 Å². The van der Waals surface area contributed by atoms with Crippen LogP contribution in [-0.2, 0) is 24.0 Å². The predicted molar refractivity (Wildman–Crippen MR) is 51.2 cm³/mol. The van der Waals surface area contributed by atoms with Crippen molar-refractivity contribution in [1.29, 1.82) is 0 Å². The number of hydrogen-bond acceptors (Lipinski definition) is 7. The molecule has 0 saturated heterocycles. The molecule has 0 saturated carbocycles. The summed E-state index contributed by atoms with van der Waals surface area (Å²) in [5.41, 5.74) is 0. The lowest BCUT2D eigenvalue weighted by molar-refractivity contribution is -0.165. The topological polar surface area (TPSA) is 227 Å². The molecule has 7 N–H and O–H groups in total.